The number of H-pyrrole nitrogens is 1. The summed E-state index contributed by atoms with van der Waals surface area (Å²) in [5, 5.41) is 14.5. The third-order valence-corrected chi connectivity index (χ3v) is 7.13. The van der Waals surface area contributed by atoms with E-state index in [1.165, 1.54) is 10.6 Å². The van der Waals surface area contributed by atoms with Crippen LogP contribution in [0.5, 0.6) is 0 Å². The van der Waals surface area contributed by atoms with Crippen LogP contribution in [0.15, 0.2) is 64.5 Å². The Hall–Kier alpha value is -4.20. The normalized spacial score (nSPS) is 14.0. The molecule has 0 aliphatic carbocycles. The van der Waals surface area contributed by atoms with Crippen molar-refractivity contribution in [2.75, 3.05) is 13.1 Å². The molecule has 0 fully saturated rings. The number of hydrogen-bond acceptors (Lipinski definition) is 6. The highest BCUT2D eigenvalue weighted by molar-refractivity contribution is 5.83. The molecule has 10 nitrogen and oxygen atoms in total. The maximum absolute atomic E-state index is 13.8. The Kier molecular flexibility index (Phi) is 9.89. The molecule has 0 amide bonds. The number of aliphatic imine (C=N–C) groups is 1. The molecule has 0 aliphatic rings. The topological polar surface area (TPSA) is 173 Å². The van der Waals surface area contributed by atoms with Gasteiger partial charge in [-0.25, -0.2) is 4.79 Å². The van der Waals surface area contributed by atoms with Gasteiger partial charge in [0.1, 0.15) is 5.65 Å². The predicted octanol–water partition coefficient (Wildman–Crippen LogP) is 3.87. The van der Waals surface area contributed by atoms with Crippen LogP contribution in [0.2, 0.25) is 0 Å². The van der Waals surface area contributed by atoms with E-state index < -0.39 is 23.5 Å². The standard InChI is InChI=1S/C30H37F3N8O2/c1-17(34)4-9-26(42)21-12-20(13-23(14-21)30(31,32)33)25-15-22-16-41(29(43)40-27(22)39-25)24-7-5-19(6-8-24)18(2)37-10-3-11-38-28(35)36/h5-8,12-18,26,37,42H,3-4,9-11,34H2,1-2H3,(H4,35,36,38)(H,39,40,43)/t17-,18-,26+/m0/s1. The highest BCUT2D eigenvalue weighted by Crippen LogP contribution is 2.36. The number of guanidine groups is 1. The molecule has 9 N–H and O–H groups in total. The molecule has 4 rings (SSSR count). The molecule has 0 saturated heterocycles. The minimum atomic E-state index is -4.62. The highest BCUT2D eigenvalue weighted by Gasteiger charge is 2.32. The van der Waals surface area contributed by atoms with Crippen LogP contribution in [-0.4, -0.2) is 44.7 Å². The number of alkyl halides is 3. The fraction of sp³-hybridized carbons (Fsp3) is 0.367. The quantitative estimate of drug-likeness (QED) is 0.0815. The lowest BCUT2D eigenvalue weighted by atomic mass is 9.96. The number of nitrogens with two attached hydrogens (primary N) is 3. The van der Waals surface area contributed by atoms with Crippen LogP contribution in [0.3, 0.4) is 0 Å². The minimum Gasteiger partial charge on any atom is -0.388 e. The first-order valence-electron chi connectivity index (χ1n) is 14.0. The fourth-order valence-corrected chi connectivity index (χ4v) is 4.73. The van der Waals surface area contributed by atoms with Gasteiger partial charge in [0.25, 0.3) is 0 Å². The van der Waals surface area contributed by atoms with Crippen molar-refractivity contribution in [3.63, 3.8) is 0 Å². The van der Waals surface area contributed by atoms with E-state index >= 15 is 0 Å². The molecule has 0 bridgehead atoms. The van der Waals surface area contributed by atoms with Gasteiger partial charge in [-0.15, -0.1) is 0 Å². The molecule has 0 spiro atoms. The number of fused-ring (bicyclic) bond motifs is 1. The smallest absolute Gasteiger partial charge is 0.388 e. The van der Waals surface area contributed by atoms with Gasteiger partial charge >= 0.3 is 11.9 Å². The van der Waals surface area contributed by atoms with Crippen molar-refractivity contribution in [2.24, 2.45) is 22.2 Å². The van der Waals surface area contributed by atoms with Crippen molar-refractivity contribution < 1.29 is 18.3 Å². The van der Waals surface area contributed by atoms with Gasteiger partial charge < -0.3 is 32.6 Å². The van der Waals surface area contributed by atoms with E-state index in [0.717, 1.165) is 30.7 Å². The number of nitrogens with one attached hydrogen (secondary N) is 2. The summed E-state index contributed by atoms with van der Waals surface area (Å²) in [6.45, 7) is 5.04. The maximum atomic E-state index is 13.8. The van der Waals surface area contributed by atoms with Gasteiger partial charge in [0, 0.05) is 35.9 Å². The number of benzene rings is 2. The number of hydrogen-bond donors (Lipinski definition) is 6. The van der Waals surface area contributed by atoms with Crippen molar-refractivity contribution in [1.82, 2.24) is 19.9 Å². The number of aliphatic hydroxyl groups excluding tert-OH is 1. The zero-order valence-electron chi connectivity index (χ0n) is 24.0. The van der Waals surface area contributed by atoms with Gasteiger partial charge in [0.2, 0.25) is 0 Å². The van der Waals surface area contributed by atoms with Crippen LogP contribution in [0.4, 0.5) is 13.2 Å². The molecular formula is C30H37F3N8O2. The fourth-order valence-electron chi connectivity index (χ4n) is 4.73. The molecule has 3 atom stereocenters. The van der Waals surface area contributed by atoms with E-state index in [2.05, 4.69) is 20.3 Å². The van der Waals surface area contributed by atoms with Crippen LogP contribution in [0.25, 0.3) is 28.0 Å². The van der Waals surface area contributed by atoms with Gasteiger partial charge in [-0.1, -0.05) is 12.1 Å². The molecule has 2 heterocycles. The first-order valence-corrected chi connectivity index (χ1v) is 14.0. The molecule has 0 unspecified atom stereocenters. The van der Waals surface area contributed by atoms with Crippen molar-refractivity contribution >= 4 is 17.0 Å². The average molecular weight is 599 g/mol. The number of aromatic amines is 1. The molecular weight excluding hydrogens is 561 g/mol. The van der Waals surface area contributed by atoms with Crippen LogP contribution in [0, 0.1) is 0 Å². The van der Waals surface area contributed by atoms with E-state index in [-0.39, 0.29) is 41.2 Å². The molecule has 0 radical (unpaired) electrons. The molecule has 0 saturated carbocycles. The first kappa shape index (κ1) is 31.7. The largest absolute Gasteiger partial charge is 0.416 e. The summed E-state index contributed by atoms with van der Waals surface area (Å²) in [5.74, 6) is 0.0656. The summed E-state index contributed by atoms with van der Waals surface area (Å²) in [7, 11) is 0. The maximum Gasteiger partial charge on any atom is 0.416 e. The Morgan fingerprint density at radius 2 is 1.81 bits per heavy atom. The summed E-state index contributed by atoms with van der Waals surface area (Å²) in [4.78, 5) is 24.0. The summed E-state index contributed by atoms with van der Waals surface area (Å²) in [6.07, 6.45) is -2.69. The molecule has 230 valence electrons. The lowest BCUT2D eigenvalue weighted by Crippen LogP contribution is -2.24. The van der Waals surface area contributed by atoms with Crippen LogP contribution < -0.4 is 28.2 Å². The zero-order valence-corrected chi connectivity index (χ0v) is 24.0. The Bertz CT molecular complexity index is 1620. The summed E-state index contributed by atoms with van der Waals surface area (Å²) < 4.78 is 42.6. The SMILES string of the molecule is C[C@H](N)CC[C@@H](O)c1cc(-c2cc3cn(-c4ccc([C@H](C)NCCCN=C(N)N)cc4)c(=O)nc3[nH]2)cc(C(F)(F)F)c1. The zero-order chi connectivity index (χ0) is 31.3. The van der Waals surface area contributed by atoms with Gasteiger partial charge in [-0.2, -0.15) is 18.2 Å². The van der Waals surface area contributed by atoms with Crippen molar-refractivity contribution in [3.8, 4) is 16.9 Å². The van der Waals surface area contributed by atoms with E-state index in [1.54, 1.807) is 31.3 Å². The molecule has 4 aromatic rings. The lowest BCUT2D eigenvalue weighted by molar-refractivity contribution is -0.137. The van der Waals surface area contributed by atoms with Gasteiger partial charge in [-0.05, 0) is 92.7 Å². The molecule has 13 heteroatoms. The Balaban J connectivity index is 1.59. The van der Waals surface area contributed by atoms with Crippen molar-refractivity contribution in [1.29, 1.82) is 0 Å². The lowest BCUT2D eigenvalue weighted by Gasteiger charge is -2.16. The summed E-state index contributed by atoms with van der Waals surface area (Å²) in [5.41, 5.74) is 17.5. The van der Waals surface area contributed by atoms with Crippen LogP contribution >= 0.6 is 0 Å². The average Bonchev–Trinajstić information content (AvgIpc) is 3.37. The van der Waals surface area contributed by atoms with Gasteiger partial charge in [0.05, 0.1) is 17.4 Å². The Morgan fingerprint density at radius 3 is 2.47 bits per heavy atom. The number of rotatable bonds is 12. The number of halogens is 3. The summed E-state index contributed by atoms with van der Waals surface area (Å²) in [6, 6.07) is 12.4. The van der Waals surface area contributed by atoms with Gasteiger partial charge in [-0.3, -0.25) is 9.56 Å². The molecule has 43 heavy (non-hydrogen) atoms. The van der Waals surface area contributed by atoms with E-state index in [1.807, 2.05) is 19.1 Å². The van der Waals surface area contributed by atoms with Gasteiger partial charge in [0.15, 0.2) is 5.96 Å². The Morgan fingerprint density at radius 1 is 1.09 bits per heavy atom. The van der Waals surface area contributed by atoms with Crippen molar-refractivity contribution in [2.45, 2.75) is 57.5 Å². The third-order valence-electron chi connectivity index (χ3n) is 7.13. The Labute approximate surface area is 246 Å². The van der Waals surface area contributed by atoms with E-state index in [0.29, 0.717) is 29.7 Å². The van der Waals surface area contributed by atoms with Crippen molar-refractivity contribution in [3.05, 3.63) is 81.9 Å². The number of aromatic nitrogens is 3. The second-order valence-electron chi connectivity index (χ2n) is 10.7. The first-order chi connectivity index (χ1) is 20.3. The molecule has 2 aromatic carbocycles. The predicted molar refractivity (Wildman–Crippen MR) is 162 cm³/mol. The summed E-state index contributed by atoms with van der Waals surface area (Å²) >= 11 is 0. The second-order valence-corrected chi connectivity index (χ2v) is 10.7. The third kappa shape index (κ3) is 8.21. The number of aliphatic hydroxyl groups is 1. The van der Waals surface area contributed by atoms with Crippen LogP contribution in [-0.2, 0) is 6.18 Å². The highest BCUT2D eigenvalue weighted by atomic mass is 19.4. The number of nitrogens with zero attached hydrogens (tertiary/aromatic N) is 3. The van der Waals surface area contributed by atoms with E-state index in [4.69, 9.17) is 17.2 Å². The molecule has 2 aromatic heterocycles. The van der Waals surface area contributed by atoms with Crippen LogP contribution in [0.1, 0.15) is 61.9 Å². The second kappa shape index (κ2) is 13.4. The van der Waals surface area contributed by atoms with E-state index in [9.17, 15) is 23.1 Å². The molecule has 0 aliphatic heterocycles. The monoisotopic (exact) mass is 598 g/mol. The minimum absolute atomic E-state index is 0.0485.